The van der Waals surface area contributed by atoms with Gasteiger partial charge in [0.1, 0.15) is 0 Å². The quantitative estimate of drug-likeness (QED) is 0.699. The molecule has 0 aliphatic carbocycles. The van der Waals surface area contributed by atoms with Crippen molar-refractivity contribution in [1.29, 1.82) is 0 Å². The van der Waals surface area contributed by atoms with E-state index in [0.29, 0.717) is 10.6 Å². The van der Waals surface area contributed by atoms with Gasteiger partial charge in [0.15, 0.2) is 0 Å². The second kappa shape index (κ2) is 4.82. The SMILES string of the molecule is C=CC1=C(/C=C/C)SC(C(C)S)N1. The van der Waals surface area contributed by atoms with Crippen molar-refractivity contribution in [3.8, 4) is 0 Å². The highest BCUT2D eigenvalue weighted by Gasteiger charge is 2.23. The smallest absolute Gasteiger partial charge is 0.0884 e. The fourth-order valence-electron chi connectivity index (χ4n) is 1.11. The summed E-state index contributed by atoms with van der Waals surface area (Å²) in [5.74, 6) is 0. The Balaban J connectivity index is 2.74. The summed E-state index contributed by atoms with van der Waals surface area (Å²) in [6.07, 6.45) is 6.00. The Morgan fingerprint density at radius 2 is 2.38 bits per heavy atom. The number of hydrogen-bond acceptors (Lipinski definition) is 3. The standard InChI is InChI=1S/C10H15NS2/c1-4-6-9-8(5-2)11-10(13-9)7(3)12/h4-7,10-12H,2H2,1,3H3/b6-4+. The van der Waals surface area contributed by atoms with Crippen LogP contribution in [0.5, 0.6) is 0 Å². The summed E-state index contributed by atoms with van der Waals surface area (Å²) in [5.41, 5.74) is 1.12. The second-order valence-corrected chi connectivity index (χ2v) is 4.90. The number of allylic oxidation sites excluding steroid dienone is 3. The zero-order valence-corrected chi connectivity index (χ0v) is 9.66. The molecule has 1 heterocycles. The number of thioether (sulfide) groups is 1. The van der Waals surface area contributed by atoms with Crippen molar-refractivity contribution in [2.75, 3.05) is 0 Å². The molecular weight excluding hydrogens is 198 g/mol. The van der Waals surface area contributed by atoms with E-state index in [0.717, 1.165) is 5.70 Å². The summed E-state index contributed by atoms with van der Waals surface area (Å²) in [6.45, 7) is 7.89. The molecule has 0 amide bonds. The predicted molar refractivity (Wildman–Crippen MR) is 65.0 cm³/mol. The molecule has 0 fully saturated rings. The summed E-state index contributed by atoms with van der Waals surface area (Å²) >= 11 is 6.22. The maximum atomic E-state index is 4.41. The summed E-state index contributed by atoms with van der Waals surface area (Å²) in [4.78, 5) is 1.25. The molecular formula is C10H15NS2. The first-order chi connectivity index (χ1) is 6.19. The third-order valence-electron chi connectivity index (χ3n) is 1.78. The van der Waals surface area contributed by atoms with Crippen LogP contribution in [0.3, 0.4) is 0 Å². The van der Waals surface area contributed by atoms with E-state index in [1.807, 2.05) is 30.8 Å². The molecule has 72 valence electrons. The molecule has 0 aromatic carbocycles. The number of hydrogen-bond donors (Lipinski definition) is 2. The van der Waals surface area contributed by atoms with Crippen LogP contribution in [0.25, 0.3) is 0 Å². The van der Waals surface area contributed by atoms with Crippen LogP contribution in [0.4, 0.5) is 0 Å². The second-order valence-electron chi connectivity index (χ2n) is 2.91. The van der Waals surface area contributed by atoms with Crippen LogP contribution >= 0.6 is 24.4 Å². The lowest BCUT2D eigenvalue weighted by Gasteiger charge is -2.14. The van der Waals surface area contributed by atoms with Gasteiger partial charge >= 0.3 is 0 Å². The van der Waals surface area contributed by atoms with Crippen molar-refractivity contribution >= 4 is 24.4 Å². The van der Waals surface area contributed by atoms with Crippen molar-refractivity contribution in [3.63, 3.8) is 0 Å². The highest BCUT2D eigenvalue weighted by atomic mass is 32.2. The molecule has 1 N–H and O–H groups in total. The Labute approximate surface area is 89.8 Å². The monoisotopic (exact) mass is 213 g/mol. The van der Waals surface area contributed by atoms with Gasteiger partial charge in [-0.2, -0.15) is 12.6 Å². The lowest BCUT2D eigenvalue weighted by atomic mass is 10.3. The third-order valence-corrected chi connectivity index (χ3v) is 3.67. The highest BCUT2D eigenvalue weighted by Crippen LogP contribution is 2.34. The molecule has 0 aromatic heterocycles. The average Bonchev–Trinajstić information content (AvgIpc) is 2.48. The molecule has 0 radical (unpaired) electrons. The maximum absolute atomic E-state index is 4.41. The minimum absolute atomic E-state index is 0.336. The molecule has 1 aliphatic rings. The molecule has 1 aliphatic heterocycles. The predicted octanol–water partition coefficient (Wildman–Crippen LogP) is 2.94. The summed E-state index contributed by atoms with van der Waals surface area (Å²) in [5, 5.41) is 4.07. The largest absolute Gasteiger partial charge is 0.371 e. The zero-order chi connectivity index (χ0) is 9.84. The van der Waals surface area contributed by atoms with E-state index in [2.05, 4.69) is 37.5 Å². The molecule has 13 heavy (non-hydrogen) atoms. The molecule has 2 atom stereocenters. The molecule has 0 saturated carbocycles. The van der Waals surface area contributed by atoms with Crippen LogP contribution in [-0.2, 0) is 0 Å². The van der Waals surface area contributed by atoms with E-state index in [9.17, 15) is 0 Å². The van der Waals surface area contributed by atoms with E-state index >= 15 is 0 Å². The van der Waals surface area contributed by atoms with E-state index in [1.54, 1.807) is 0 Å². The maximum Gasteiger partial charge on any atom is 0.0884 e. The Hall–Kier alpha value is -0.280. The zero-order valence-electron chi connectivity index (χ0n) is 7.95. The van der Waals surface area contributed by atoms with Gasteiger partial charge in [-0.25, -0.2) is 0 Å². The third kappa shape index (κ3) is 2.58. The summed E-state index contributed by atoms with van der Waals surface area (Å²) < 4.78 is 0. The van der Waals surface area contributed by atoms with Crippen molar-refractivity contribution in [2.45, 2.75) is 24.5 Å². The molecule has 0 aromatic rings. The normalized spacial score (nSPS) is 25.0. The van der Waals surface area contributed by atoms with Gasteiger partial charge < -0.3 is 5.32 Å². The fraction of sp³-hybridized carbons (Fsp3) is 0.400. The van der Waals surface area contributed by atoms with Gasteiger partial charge in [-0.05, 0) is 13.0 Å². The number of nitrogens with one attached hydrogen (secondary N) is 1. The summed E-state index contributed by atoms with van der Waals surface area (Å²) in [6, 6.07) is 0. The first-order valence-corrected chi connectivity index (χ1v) is 5.69. The summed E-state index contributed by atoms with van der Waals surface area (Å²) in [7, 11) is 0. The number of rotatable bonds is 3. The van der Waals surface area contributed by atoms with Gasteiger partial charge in [0.2, 0.25) is 0 Å². The van der Waals surface area contributed by atoms with Crippen molar-refractivity contribution in [1.82, 2.24) is 5.32 Å². The van der Waals surface area contributed by atoms with E-state index < -0.39 is 0 Å². The Bertz CT molecular complexity index is 254. The molecule has 2 unspecified atom stereocenters. The minimum atomic E-state index is 0.336. The molecule has 0 saturated heterocycles. The van der Waals surface area contributed by atoms with Crippen LogP contribution in [0, 0.1) is 0 Å². The Morgan fingerprint density at radius 3 is 2.85 bits per heavy atom. The first-order valence-electron chi connectivity index (χ1n) is 4.29. The first kappa shape index (κ1) is 10.8. The average molecular weight is 213 g/mol. The van der Waals surface area contributed by atoms with Gasteiger partial charge in [-0.3, -0.25) is 0 Å². The number of thiol groups is 1. The van der Waals surface area contributed by atoms with Gasteiger partial charge in [-0.15, -0.1) is 0 Å². The van der Waals surface area contributed by atoms with Crippen LogP contribution in [0.1, 0.15) is 13.8 Å². The van der Waals surface area contributed by atoms with Crippen LogP contribution in [-0.4, -0.2) is 10.6 Å². The molecule has 1 rings (SSSR count). The minimum Gasteiger partial charge on any atom is -0.371 e. The topological polar surface area (TPSA) is 12.0 Å². The van der Waals surface area contributed by atoms with Crippen molar-refractivity contribution in [3.05, 3.63) is 35.4 Å². The van der Waals surface area contributed by atoms with Crippen molar-refractivity contribution in [2.24, 2.45) is 0 Å². The van der Waals surface area contributed by atoms with Gasteiger partial charge in [0.25, 0.3) is 0 Å². The molecule has 0 bridgehead atoms. The molecule has 1 nitrogen and oxygen atoms in total. The lowest BCUT2D eigenvalue weighted by molar-refractivity contribution is 0.762. The van der Waals surface area contributed by atoms with E-state index in [4.69, 9.17) is 0 Å². The van der Waals surface area contributed by atoms with Gasteiger partial charge in [0, 0.05) is 15.9 Å². The van der Waals surface area contributed by atoms with Crippen LogP contribution in [0.15, 0.2) is 35.4 Å². The molecule has 3 heteroatoms. The highest BCUT2D eigenvalue weighted by molar-refractivity contribution is 8.04. The van der Waals surface area contributed by atoms with Crippen molar-refractivity contribution < 1.29 is 0 Å². The van der Waals surface area contributed by atoms with Crippen LogP contribution < -0.4 is 5.32 Å². The lowest BCUT2D eigenvalue weighted by Crippen LogP contribution is -2.27. The Morgan fingerprint density at radius 1 is 1.69 bits per heavy atom. The fourth-order valence-corrected chi connectivity index (χ4v) is 2.51. The van der Waals surface area contributed by atoms with Crippen LogP contribution in [0.2, 0.25) is 0 Å². The van der Waals surface area contributed by atoms with E-state index in [-0.39, 0.29) is 0 Å². The van der Waals surface area contributed by atoms with Gasteiger partial charge in [-0.1, -0.05) is 37.4 Å². The Kier molecular flexibility index (Phi) is 4.00. The molecule has 0 spiro atoms. The van der Waals surface area contributed by atoms with Gasteiger partial charge in [0.05, 0.1) is 5.37 Å². The van der Waals surface area contributed by atoms with E-state index in [1.165, 1.54) is 4.91 Å².